The molecule has 0 aromatic carbocycles. The number of methoxy groups -OCH3 is 1. The molecule has 19 heavy (non-hydrogen) atoms. The van der Waals surface area contributed by atoms with Crippen LogP contribution in [0.5, 0.6) is 0 Å². The number of nitrogens with zero attached hydrogens (tertiary/aromatic N) is 3. The third kappa shape index (κ3) is 2.63. The second kappa shape index (κ2) is 5.68. The monoisotopic (exact) mass is 371 g/mol. The molecule has 100 valence electrons. The molecule has 0 amide bonds. The van der Waals surface area contributed by atoms with Crippen LogP contribution >= 0.6 is 22.6 Å². The smallest absolute Gasteiger partial charge is 0.359 e. The lowest BCUT2D eigenvalue weighted by molar-refractivity contribution is 0.0592. The van der Waals surface area contributed by atoms with Gasteiger partial charge in [-0.1, -0.05) is 19.9 Å². The third-order valence-electron chi connectivity index (χ3n) is 2.65. The van der Waals surface area contributed by atoms with Crippen molar-refractivity contribution in [3.05, 3.63) is 39.4 Å². The summed E-state index contributed by atoms with van der Waals surface area (Å²) in [6.45, 7) is 4.11. The van der Waals surface area contributed by atoms with Crippen LogP contribution in [0.2, 0.25) is 0 Å². The fourth-order valence-corrected chi connectivity index (χ4v) is 2.97. The van der Waals surface area contributed by atoms with E-state index in [1.807, 2.05) is 18.2 Å². The van der Waals surface area contributed by atoms with Crippen molar-refractivity contribution in [3.63, 3.8) is 0 Å². The number of halogens is 1. The summed E-state index contributed by atoms with van der Waals surface area (Å²) in [5, 5.41) is 4.34. The predicted molar refractivity (Wildman–Crippen MR) is 79.5 cm³/mol. The van der Waals surface area contributed by atoms with Gasteiger partial charge in [0.05, 0.1) is 16.4 Å². The van der Waals surface area contributed by atoms with Crippen molar-refractivity contribution in [2.45, 2.75) is 19.8 Å². The average molecular weight is 371 g/mol. The van der Waals surface area contributed by atoms with Crippen molar-refractivity contribution in [1.29, 1.82) is 0 Å². The van der Waals surface area contributed by atoms with Crippen molar-refractivity contribution in [1.82, 2.24) is 14.8 Å². The Bertz CT molecular complexity index is 593. The van der Waals surface area contributed by atoms with Gasteiger partial charge in [0.15, 0.2) is 11.5 Å². The quantitative estimate of drug-likeness (QED) is 0.615. The van der Waals surface area contributed by atoms with Crippen molar-refractivity contribution in [2.24, 2.45) is 0 Å². The first kappa shape index (κ1) is 14.0. The molecule has 2 aromatic rings. The molecule has 0 saturated carbocycles. The number of hydrogen-bond acceptors (Lipinski definition) is 4. The molecule has 0 bridgehead atoms. The van der Waals surface area contributed by atoms with Crippen LogP contribution in [-0.2, 0) is 4.74 Å². The number of aromatic nitrogens is 3. The minimum absolute atomic E-state index is 0.222. The Morgan fingerprint density at radius 3 is 2.68 bits per heavy atom. The molecule has 0 spiro atoms. The molecular formula is C13H14IN3O2. The van der Waals surface area contributed by atoms with Gasteiger partial charge in [0.25, 0.3) is 0 Å². The lowest BCUT2D eigenvalue weighted by atomic mass is 10.1. The van der Waals surface area contributed by atoms with E-state index in [4.69, 9.17) is 4.74 Å². The van der Waals surface area contributed by atoms with Crippen molar-refractivity contribution in [2.75, 3.05) is 7.11 Å². The fourth-order valence-electron chi connectivity index (χ4n) is 1.79. The van der Waals surface area contributed by atoms with E-state index in [1.165, 1.54) is 7.11 Å². The highest BCUT2D eigenvalue weighted by molar-refractivity contribution is 14.1. The Labute approximate surface area is 125 Å². The molecule has 2 aromatic heterocycles. The molecule has 0 saturated heterocycles. The zero-order valence-electron chi connectivity index (χ0n) is 10.9. The van der Waals surface area contributed by atoms with Crippen LogP contribution in [0.1, 0.15) is 35.9 Å². The number of pyridine rings is 1. The van der Waals surface area contributed by atoms with E-state index in [9.17, 15) is 4.79 Å². The standard InChI is InChI=1S/C13H14IN3O2/c1-8(2)12-10(14)11(13(18)19-3)16-17(12)9-6-4-5-7-15-9/h4-8H,1-3H3. The summed E-state index contributed by atoms with van der Waals surface area (Å²) in [6.07, 6.45) is 1.70. The zero-order chi connectivity index (χ0) is 14.0. The molecule has 0 N–H and O–H groups in total. The van der Waals surface area contributed by atoms with Gasteiger partial charge < -0.3 is 4.74 Å². The molecule has 2 heterocycles. The highest BCUT2D eigenvalue weighted by atomic mass is 127. The van der Waals surface area contributed by atoms with E-state index in [0.717, 1.165) is 9.26 Å². The summed E-state index contributed by atoms with van der Waals surface area (Å²) in [7, 11) is 1.35. The first-order chi connectivity index (χ1) is 9.06. The summed E-state index contributed by atoms with van der Waals surface area (Å²) >= 11 is 2.13. The SMILES string of the molecule is COC(=O)c1nn(-c2ccccn2)c(C(C)C)c1I. The topological polar surface area (TPSA) is 57.0 Å². The van der Waals surface area contributed by atoms with Gasteiger partial charge in [0.1, 0.15) is 0 Å². The lowest BCUT2D eigenvalue weighted by Crippen LogP contribution is -2.07. The minimum Gasteiger partial charge on any atom is -0.464 e. The number of carbonyl (C=O) groups is 1. The van der Waals surface area contributed by atoms with Crippen LogP contribution in [0.15, 0.2) is 24.4 Å². The van der Waals surface area contributed by atoms with Crippen LogP contribution in [0.4, 0.5) is 0 Å². The second-order valence-electron chi connectivity index (χ2n) is 4.29. The maximum absolute atomic E-state index is 11.7. The average Bonchev–Trinajstić information content (AvgIpc) is 2.76. The molecule has 0 aliphatic heterocycles. The lowest BCUT2D eigenvalue weighted by Gasteiger charge is -2.09. The van der Waals surface area contributed by atoms with E-state index in [1.54, 1.807) is 10.9 Å². The number of esters is 1. The van der Waals surface area contributed by atoms with Gasteiger partial charge in [-0.05, 0) is 40.6 Å². The Hall–Kier alpha value is -1.44. The Morgan fingerprint density at radius 2 is 2.16 bits per heavy atom. The summed E-state index contributed by atoms with van der Waals surface area (Å²) in [5.41, 5.74) is 1.29. The fraction of sp³-hybridized carbons (Fsp3) is 0.308. The Kier molecular flexibility index (Phi) is 4.18. The highest BCUT2D eigenvalue weighted by Crippen LogP contribution is 2.27. The molecular weight excluding hydrogens is 357 g/mol. The number of carbonyl (C=O) groups excluding carboxylic acids is 1. The third-order valence-corrected chi connectivity index (χ3v) is 3.72. The normalized spacial score (nSPS) is 10.8. The Morgan fingerprint density at radius 1 is 1.42 bits per heavy atom. The molecule has 0 unspecified atom stereocenters. The predicted octanol–water partition coefficient (Wildman–Crippen LogP) is 2.78. The second-order valence-corrected chi connectivity index (χ2v) is 5.37. The maximum atomic E-state index is 11.7. The highest BCUT2D eigenvalue weighted by Gasteiger charge is 2.24. The van der Waals surface area contributed by atoms with Gasteiger partial charge in [-0.3, -0.25) is 0 Å². The number of rotatable bonds is 3. The van der Waals surface area contributed by atoms with Gasteiger partial charge in [0.2, 0.25) is 0 Å². The molecule has 0 aliphatic carbocycles. The molecule has 5 nitrogen and oxygen atoms in total. The summed E-state index contributed by atoms with van der Waals surface area (Å²) in [5.74, 6) is 0.486. The van der Waals surface area contributed by atoms with Gasteiger partial charge in [0, 0.05) is 6.20 Å². The van der Waals surface area contributed by atoms with Crippen LogP contribution in [0, 0.1) is 3.57 Å². The summed E-state index contributed by atoms with van der Waals surface area (Å²) in [6, 6.07) is 5.59. The van der Waals surface area contributed by atoms with E-state index in [0.29, 0.717) is 11.5 Å². The van der Waals surface area contributed by atoms with E-state index in [2.05, 4.69) is 46.5 Å². The van der Waals surface area contributed by atoms with Crippen molar-refractivity contribution in [3.8, 4) is 5.82 Å². The summed E-state index contributed by atoms with van der Waals surface area (Å²) in [4.78, 5) is 16.0. The first-order valence-electron chi connectivity index (χ1n) is 5.84. The van der Waals surface area contributed by atoms with Crippen molar-refractivity contribution < 1.29 is 9.53 Å². The minimum atomic E-state index is -0.430. The first-order valence-corrected chi connectivity index (χ1v) is 6.92. The van der Waals surface area contributed by atoms with Crippen LogP contribution in [0.3, 0.4) is 0 Å². The van der Waals surface area contributed by atoms with Gasteiger partial charge >= 0.3 is 5.97 Å². The van der Waals surface area contributed by atoms with Gasteiger partial charge in [-0.2, -0.15) is 5.10 Å². The molecule has 6 heteroatoms. The van der Waals surface area contributed by atoms with Crippen LogP contribution in [0.25, 0.3) is 5.82 Å². The largest absolute Gasteiger partial charge is 0.464 e. The van der Waals surface area contributed by atoms with Gasteiger partial charge in [-0.15, -0.1) is 0 Å². The maximum Gasteiger partial charge on any atom is 0.359 e. The van der Waals surface area contributed by atoms with E-state index >= 15 is 0 Å². The van der Waals surface area contributed by atoms with Crippen LogP contribution < -0.4 is 0 Å². The molecule has 0 fully saturated rings. The van der Waals surface area contributed by atoms with E-state index < -0.39 is 5.97 Å². The number of ether oxygens (including phenoxy) is 1. The number of hydrogen-bond donors (Lipinski definition) is 0. The molecule has 0 aliphatic rings. The van der Waals surface area contributed by atoms with E-state index in [-0.39, 0.29) is 5.92 Å². The molecule has 2 rings (SSSR count). The van der Waals surface area contributed by atoms with Crippen molar-refractivity contribution >= 4 is 28.6 Å². The molecule has 0 radical (unpaired) electrons. The van der Waals surface area contributed by atoms with Crippen LogP contribution in [-0.4, -0.2) is 27.8 Å². The zero-order valence-corrected chi connectivity index (χ0v) is 13.1. The Balaban J connectivity index is 2.64. The molecule has 0 atom stereocenters. The van der Waals surface area contributed by atoms with Gasteiger partial charge in [-0.25, -0.2) is 14.5 Å². The summed E-state index contributed by atoms with van der Waals surface area (Å²) < 4.78 is 7.28.